The topological polar surface area (TPSA) is 74.2 Å². The van der Waals surface area contributed by atoms with Crippen LogP contribution in [0.5, 0.6) is 5.75 Å². The van der Waals surface area contributed by atoms with E-state index in [0.29, 0.717) is 22.6 Å². The second-order valence-electron chi connectivity index (χ2n) is 5.98. The van der Waals surface area contributed by atoms with Gasteiger partial charge in [0.05, 0.1) is 12.8 Å². The van der Waals surface area contributed by atoms with Crippen LogP contribution in [0.2, 0.25) is 0 Å². The lowest BCUT2D eigenvalue weighted by Gasteiger charge is -1.99. The van der Waals surface area contributed by atoms with E-state index in [4.69, 9.17) is 13.7 Å². The van der Waals surface area contributed by atoms with E-state index >= 15 is 0 Å². The molecule has 0 amide bonds. The van der Waals surface area contributed by atoms with Gasteiger partial charge >= 0.3 is 0 Å². The second-order valence-corrected chi connectivity index (χ2v) is 6.91. The summed E-state index contributed by atoms with van der Waals surface area (Å²) in [4.78, 5) is 0. The number of aromatic nitrogens is 3. The molecule has 0 fully saturated rings. The molecule has 0 aliphatic heterocycles. The normalized spacial score (nSPS) is 11.0. The van der Waals surface area contributed by atoms with Gasteiger partial charge in [-0.1, -0.05) is 16.9 Å². The van der Waals surface area contributed by atoms with Gasteiger partial charge in [0.15, 0.2) is 5.76 Å². The van der Waals surface area contributed by atoms with Crippen LogP contribution in [0, 0.1) is 12.7 Å². The van der Waals surface area contributed by atoms with Gasteiger partial charge in [0.2, 0.25) is 5.89 Å². The molecule has 0 saturated carbocycles. The van der Waals surface area contributed by atoms with Crippen molar-refractivity contribution < 1.29 is 18.1 Å². The minimum absolute atomic E-state index is 0.291. The molecule has 142 valence electrons. The Morgan fingerprint density at radius 3 is 2.43 bits per heavy atom. The first-order chi connectivity index (χ1) is 13.6. The third-order valence-electron chi connectivity index (χ3n) is 4.20. The molecule has 4 rings (SSSR count). The van der Waals surface area contributed by atoms with Gasteiger partial charge in [-0.3, -0.25) is 0 Å². The fourth-order valence-electron chi connectivity index (χ4n) is 2.62. The molecule has 6 nitrogen and oxygen atoms in total. The first-order valence-corrected chi connectivity index (χ1v) is 9.44. The van der Waals surface area contributed by atoms with Crippen molar-refractivity contribution in [2.24, 2.45) is 0 Å². The third kappa shape index (κ3) is 3.77. The van der Waals surface area contributed by atoms with Crippen molar-refractivity contribution in [3.8, 4) is 28.5 Å². The Hall–Kier alpha value is -3.13. The summed E-state index contributed by atoms with van der Waals surface area (Å²) in [5, 5.41) is 12.7. The minimum Gasteiger partial charge on any atom is -0.497 e. The van der Waals surface area contributed by atoms with Crippen molar-refractivity contribution in [3.63, 3.8) is 0 Å². The average Bonchev–Trinajstić information content (AvgIpc) is 3.34. The molecule has 0 radical (unpaired) electrons. The Balaban J connectivity index is 1.45. The molecule has 0 bridgehead atoms. The van der Waals surface area contributed by atoms with E-state index in [1.807, 2.05) is 31.2 Å². The second kappa shape index (κ2) is 7.85. The number of halogens is 1. The first kappa shape index (κ1) is 18.2. The maximum absolute atomic E-state index is 13.1. The maximum Gasteiger partial charge on any atom is 0.277 e. The van der Waals surface area contributed by atoms with Gasteiger partial charge in [0.25, 0.3) is 5.22 Å². The van der Waals surface area contributed by atoms with Crippen molar-refractivity contribution in [3.05, 3.63) is 65.6 Å². The van der Waals surface area contributed by atoms with E-state index in [-0.39, 0.29) is 5.82 Å². The zero-order valence-corrected chi connectivity index (χ0v) is 16.0. The van der Waals surface area contributed by atoms with Gasteiger partial charge in [0, 0.05) is 22.4 Å². The Morgan fingerprint density at radius 2 is 1.71 bits per heavy atom. The molecule has 0 spiro atoms. The summed E-state index contributed by atoms with van der Waals surface area (Å²) < 4.78 is 29.4. The van der Waals surface area contributed by atoms with Crippen molar-refractivity contribution in [2.45, 2.75) is 17.9 Å². The summed E-state index contributed by atoms with van der Waals surface area (Å²) >= 11 is 1.37. The molecule has 2 aromatic carbocycles. The van der Waals surface area contributed by atoms with E-state index in [1.165, 1.54) is 23.9 Å². The fraction of sp³-hybridized carbons (Fsp3) is 0.150. The molecule has 0 aliphatic carbocycles. The quantitative estimate of drug-likeness (QED) is 0.417. The Kier molecular flexibility index (Phi) is 5.12. The van der Waals surface area contributed by atoms with Crippen LogP contribution in [0.25, 0.3) is 22.8 Å². The highest BCUT2D eigenvalue weighted by Crippen LogP contribution is 2.31. The van der Waals surface area contributed by atoms with Crippen LogP contribution in [0.1, 0.15) is 11.3 Å². The molecule has 0 saturated heterocycles. The third-order valence-corrected chi connectivity index (χ3v) is 5.03. The van der Waals surface area contributed by atoms with Crippen molar-refractivity contribution in [1.29, 1.82) is 0 Å². The van der Waals surface area contributed by atoms with E-state index in [9.17, 15) is 4.39 Å². The number of hydrogen-bond donors (Lipinski definition) is 0. The lowest BCUT2D eigenvalue weighted by atomic mass is 10.1. The largest absolute Gasteiger partial charge is 0.497 e. The highest BCUT2D eigenvalue weighted by Gasteiger charge is 2.16. The summed E-state index contributed by atoms with van der Waals surface area (Å²) in [5.41, 5.74) is 3.26. The molecule has 2 heterocycles. The highest BCUT2D eigenvalue weighted by molar-refractivity contribution is 7.98. The summed E-state index contributed by atoms with van der Waals surface area (Å²) in [6.07, 6.45) is 0. The smallest absolute Gasteiger partial charge is 0.277 e. The van der Waals surface area contributed by atoms with Crippen molar-refractivity contribution >= 4 is 11.8 Å². The molecule has 8 heteroatoms. The van der Waals surface area contributed by atoms with Gasteiger partial charge < -0.3 is 13.7 Å². The lowest BCUT2D eigenvalue weighted by Crippen LogP contribution is -1.85. The zero-order chi connectivity index (χ0) is 19.5. The molecule has 28 heavy (non-hydrogen) atoms. The number of nitrogens with zero attached hydrogens (tertiary/aromatic N) is 3. The van der Waals surface area contributed by atoms with Crippen LogP contribution in [0.4, 0.5) is 4.39 Å². The van der Waals surface area contributed by atoms with E-state index in [2.05, 4.69) is 15.4 Å². The average molecular weight is 397 g/mol. The molecule has 0 unspecified atom stereocenters. The van der Waals surface area contributed by atoms with Gasteiger partial charge in [-0.15, -0.1) is 10.2 Å². The Bertz CT molecular complexity index is 1080. The van der Waals surface area contributed by atoms with Gasteiger partial charge in [-0.25, -0.2) is 4.39 Å². The van der Waals surface area contributed by atoms with Crippen LogP contribution in [0.15, 0.2) is 62.7 Å². The number of thioether (sulfide) groups is 1. The number of methoxy groups -OCH3 is 1. The van der Waals surface area contributed by atoms with Gasteiger partial charge in [-0.2, -0.15) is 0 Å². The summed E-state index contributed by atoms with van der Waals surface area (Å²) in [5.74, 6) is 2.05. The molecular weight excluding hydrogens is 381 g/mol. The number of rotatable bonds is 6. The van der Waals surface area contributed by atoms with Crippen molar-refractivity contribution in [1.82, 2.24) is 15.4 Å². The molecule has 2 aromatic heterocycles. The SMILES string of the molecule is COc1ccc(-c2nnc(SCc3noc(-c4ccc(F)cc4)c3C)o2)cc1. The summed E-state index contributed by atoms with van der Waals surface area (Å²) in [6, 6.07) is 13.5. The molecule has 0 atom stereocenters. The van der Waals surface area contributed by atoms with Gasteiger partial charge in [-0.05, 0) is 55.5 Å². The Morgan fingerprint density at radius 1 is 1.00 bits per heavy atom. The number of ether oxygens (including phenoxy) is 1. The summed E-state index contributed by atoms with van der Waals surface area (Å²) in [7, 11) is 1.61. The highest BCUT2D eigenvalue weighted by atomic mass is 32.2. The van der Waals surface area contributed by atoms with Gasteiger partial charge in [0.1, 0.15) is 11.6 Å². The predicted octanol–water partition coefficient (Wildman–Crippen LogP) is 5.14. The van der Waals surface area contributed by atoms with E-state index < -0.39 is 0 Å². The zero-order valence-electron chi connectivity index (χ0n) is 15.2. The maximum atomic E-state index is 13.1. The predicted molar refractivity (Wildman–Crippen MR) is 102 cm³/mol. The Labute approximate surface area is 164 Å². The van der Waals surface area contributed by atoms with Crippen LogP contribution in [-0.4, -0.2) is 22.5 Å². The minimum atomic E-state index is -0.291. The summed E-state index contributed by atoms with van der Waals surface area (Å²) in [6.45, 7) is 1.92. The number of benzene rings is 2. The molecule has 4 aromatic rings. The number of hydrogen-bond acceptors (Lipinski definition) is 7. The monoisotopic (exact) mass is 397 g/mol. The molecule has 0 aliphatic rings. The molecule has 0 N–H and O–H groups in total. The lowest BCUT2D eigenvalue weighted by molar-refractivity contribution is 0.414. The van der Waals surface area contributed by atoms with E-state index in [0.717, 1.165) is 28.1 Å². The van der Waals surface area contributed by atoms with Crippen LogP contribution in [-0.2, 0) is 5.75 Å². The van der Waals surface area contributed by atoms with Crippen molar-refractivity contribution in [2.75, 3.05) is 7.11 Å². The van der Waals surface area contributed by atoms with E-state index in [1.54, 1.807) is 19.2 Å². The van der Waals surface area contributed by atoms with Crippen LogP contribution in [0.3, 0.4) is 0 Å². The van der Waals surface area contributed by atoms with Crippen LogP contribution < -0.4 is 4.74 Å². The fourth-order valence-corrected chi connectivity index (χ4v) is 3.39. The van der Waals surface area contributed by atoms with Crippen LogP contribution >= 0.6 is 11.8 Å². The molecular formula is C20H16FN3O3S. The standard InChI is InChI=1S/C20H16FN3O3S/c1-12-17(24-27-18(12)13-3-7-15(21)8-4-13)11-28-20-23-22-19(26-20)14-5-9-16(25-2)10-6-14/h3-10H,11H2,1-2H3. The first-order valence-electron chi connectivity index (χ1n) is 8.46.